The van der Waals surface area contributed by atoms with E-state index in [4.69, 9.17) is 14.2 Å². The SMILES string of the molecule is COc1ccc([N+](=O)[O-])cc1NC(=O)[C@H](C)[NH+](C)Cc1ccc2c(c1)OCO2. The molecule has 148 valence electrons. The second-order valence-corrected chi connectivity index (χ2v) is 6.56. The van der Waals surface area contributed by atoms with E-state index < -0.39 is 11.0 Å². The molecule has 0 saturated carbocycles. The van der Waals surface area contributed by atoms with E-state index >= 15 is 0 Å². The average molecular weight is 388 g/mol. The minimum atomic E-state index is -0.518. The molecule has 0 bridgehead atoms. The van der Waals surface area contributed by atoms with Crippen LogP contribution in [0.25, 0.3) is 0 Å². The number of benzene rings is 2. The Labute approximate surface area is 162 Å². The number of nitro groups is 1. The number of hydrogen-bond acceptors (Lipinski definition) is 6. The monoisotopic (exact) mass is 388 g/mol. The van der Waals surface area contributed by atoms with Crippen LogP contribution < -0.4 is 24.4 Å². The topological polar surface area (TPSA) is 104 Å². The molecule has 3 rings (SSSR count). The van der Waals surface area contributed by atoms with E-state index in [0.717, 1.165) is 10.5 Å². The lowest BCUT2D eigenvalue weighted by atomic mass is 10.1. The van der Waals surface area contributed by atoms with Crippen molar-refractivity contribution in [2.45, 2.75) is 19.5 Å². The fraction of sp³-hybridized carbons (Fsp3) is 0.316. The Morgan fingerprint density at radius 2 is 2.04 bits per heavy atom. The number of ether oxygens (including phenoxy) is 3. The lowest BCUT2D eigenvalue weighted by Gasteiger charge is -2.21. The molecule has 0 radical (unpaired) electrons. The first kappa shape index (κ1) is 19.4. The Balaban J connectivity index is 1.68. The zero-order valence-corrected chi connectivity index (χ0v) is 15.9. The van der Waals surface area contributed by atoms with Crippen molar-refractivity contribution in [1.82, 2.24) is 0 Å². The molecule has 1 amide bonds. The van der Waals surface area contributed by atoms with Crippen molar-refractivity contribution >= 4 is 17.3 Å². The van der Waals surface area contributed by atoms with Gasteiger partial charge in [-0.05, 0) is 31.2 Å². The number of carbonyl (C=O) groups is 1. The number of likely N-dealkylation sites (N-methyl/N-ethyl adjacent to an activating group) is 1. The largest absolute Gasteiger partial charge is 0.495 e. The molecule has 0 aromatic heterocycles. The summed E-state index contributed by atoms with van der Waals surface area (Å²) in [4.78, 5) is 24.1. The van der Waals surface area contributed by atoms with E-state index in [1.807, 2.05) is 25.2 Å². The molecular formula is C19H22N3O6+. The molecule has 9 heteroatoms. The average Bonchev–Trinajstić information content (AvgIpc) is 3.14. The van der Waals surface area contributed by atoms with Crippen LogP contribution in [0.5, 0.6) is 17.2 Å². The van der Waals surface area contributed by atoms with Gasteiger partial charge in [0.1, 0.15) is 12.3 Å². The molecule has 1 unspecified atom stereocenters. The van der Waals surface area contributed by atoms with Gasteiger partial charge < -0.3 is 24.4 Å². The molecule has 2 N–H and O–H groups in total. The van der Waals surface area contributed by atoms with E-state index in [-0.39, 0.29) is 24.1 Å². The number of fused-ring (bicyclic) bond motifs is 1. The predicted molar refractivity (Wildman–Crippen MR) is 101 cm³/mol. The van der Waals surface area contributed by atoms with Gasteiger partial charge in [0.05, 0.1) is 24.8 Å². The van der Waals surface area contributed by atoms with Crippen LogP contribution >= 0.6 is 0 Å². The van der Waals surface area contributed by atoms with Crippen molar-refractivity contribution in [1.29, 1.82) is 0 Å². The highest BCUT2D eigenvalue weighted by atomic mass is 16.7. The third-order valence-corrected chi connectivity index (χ3v) is 4.70. The molecule has 2 atom stereocenters. The number of methoxy groups -OCH3 is 1. The van der Waals surface area contributed by atoms with E-state index in [1.165, 1.54) is 25.3 Å². The molecule has 0 aliphatic carbocycles. The van der Waals surface area contributed by atoms with Gasteiger partial charge in [0.15, 0.2) is 17.5 Å². The molecule has 0 saturated heterocycles. The minimum absolute atomic E-state index is 0.121. The zero-order valence-electron chi connectivity index (χ0n) is 15.9. The van der Waals surface area contributed by atoms with Crippen LogP contribution in [0.1, 0.15) is 12.5 Å². The first-order valence-electron chi connectivity index (χ1n) is 8.73. The van der Waals surface area contributed by atoms with E-state index in [2.05, 4.69) is 5.32 Å². The molecule has 2 aromatic carbocycles. The number of non-ortho nitro benzene ring substituents is 1. The van der Waals surface area contributed by atoms with Crippen molar-refractivity contribution in [2.75, 3.05) is 26.3 Å². The normalized spacial score (nSPS) is 14.2. The third kappa shape index (κ3) is 4.15. The Hall–Kier alpha value is -3.33. The van der Waals surface area contributed by atoms with Gasteiger partial charge in [-0.2, -0.15) is 0 Å². The number of hydrogen-bond donors (Lipinski definition) is 2. The van der Waals surface area contributed by atoms with Crippen molar-refractivity contribution in [2.24, 2.45) is 0 Å². The van der Waals surface area contributed by atoms with Gasteiger partial charge in [-0.3, -0.25) is 14.9 Å². The van der Waals surface area contributed by atoms with Gasteiger partial charge in [0, 0.05) is 17.7 Å². The number of amides is 1. The Kier molecular flexibility index (Phi) is 5.65. The van der Waals surface area contributed by atoms with Crippen LogP contribution in [0.4, 0.5) is 11.4 Å². The molecule has 0 fully saturated rings. The summed E-state index contributed by atoms with van der Waals surface area (Å²) in [6, 6.07) is 9.36. The second-order valence-electron chi connectivity index (χ2n) is 6.56. The van der Waals surface area contributed by atoms with E-state index in [9.17, 15) is 14.9 Å². The number of quaternary nitrogens is 1. The van der Waals surface area contributed by atoms with Crippen LogP contribution in [0.2, 0.25) is 0 Å². The van der Waals surface area contributed by atoms with Gasteiger partial charge in [0.25, 0.3) is 11.6 Å². The van der Waals surface area contributed by atoms with Gasteiger partial charge >= 0.3 is 0 Å². The summed E-state index contributed by atoms with van der Waals surface area (Å²) >= 11 is 0. The maximum atomic E-state index is 12.7. The number of nitrogens with zero attached hydrogens (tertiary/aromatic N) is 1. The maximum absolute atomic E-state index is 12.7. The summed E-state index contributed by atoms with van der Waals surface area (Å²) in [7, 11) is 3.34. The number of nitrogens with one attached hydrogen (secondary N) is 2. The van der Waals surface area contributed by atoms with E-state index in [1.54, 1.807) is 6.92 Å². The van der Waals surface area contributed by atoms with Gasteiger partial charge in [-0.1, -0.05) is 0 Å². The first-order valence-corrected chi connectivity index (χ1v) is 8.73. The molecule has 0 spiro atoms. The molecule has 28 heavy (non-hydrogen) atoms. The van der Waals surface area contributed by atoms with E-state index in [0.29, 0.717) is 23.8 Å². The molecule has 1 heterocycles. The number of anilines is 1. The van der Waals surface area contributed by atoms with Gasteiger partial charge in [-0.15, -0.1) is 0 Å². The lowest BCUT2D eigenvalue weighted by molar-refractivity contribution is -0.907. The summed E-state index contributed by atoms with van der Waals surface area (Å²) in [5, 5.41) is 13.7. The molecule has 1 aliphatic heterocycles. The van der Waals surface area contributed by atoms with Gasteiger partial charge in [0.2, 0.25) is 6.79 Å². The van der Waals surface area contributed by atoms with Crippen LogP contribution in [-0.2, 0) is 11.3 Å². The highest BCUT2D eigenvalue weighted by Gasteiger charge is 2.25. The first-order chi connectivity index (χ1) is 13.4. The minimum Gasteiger partial charge on any atom is -0.495 e. The van der Waals surface area contributed by atoms with Crippen LogP contribution in [0.3, 0.4) is 0 Å². The van der Waals surface area contributed by atoms with Crippen LogP contribution in [0, 0.1) is 10.1 Å². The second kappa shape index (κ2) is 8.13. The number of nitro benzene ring substituents is 1. The lowest BCUT2D eigenvalue weighted by Crippen LogP contribution is -3.12. The summed E-state index contributed by atoms with van der Waals surface area (Å²) in [6.07, 6.45) is 0. The number of rotatable bonds is 7. The van der Waals surface area contributed by atoms with Crippen LogP contribution in [-0.4, -0.2) is 37.8 Å². The van der Waals surface area contributed by atoms with Gasteiger partial charge in [-0.25, -0.2) is 0 Å². The summed E-state index contributed by atoms with van der Waals surface area (Å²) in [6.45, 7) is 2.60. The number of carbonyl (C=O) groups excluding carboxylic acids is 1. The van der Waals surface area contributed by atoms with Crippen molar-refractivity contribution in [3.8, 4) is 17.2 Å². The highest BCUT2D eigenvalue weighted by molar-refractivity contribution is 5.95. The molecular weight excluding hydrogens is 366 g/mol. The predicted octanol–water partition coefficient (Wildman–Crippen LogP) is 1.37. The van der Waals surface area contributed by atoms with Crippen molar-refractivity contribution < 1.29 is 28.8 Å². The standard InChI is InChI=1S/C19H21N3O6/c1-12(21(2)10-13-4-6-17-18(8-13)28-11-27-17)19(23)20-15-9-14(22(24)25)5-7-16(15)26-3/h4-9,12H,10-11H2,1-3H3,(H,20,23)/p+1/t12-/m0/s1. The maximum Gasteiger partial charge on any atom is 0.282 e. The summed E-state index contributed by atoms with van der Waals surface area (Å²) in [5.41, 5.74) is 1.16. The Bertz CT molecular complexity index is 901. The fourth-order valence-corrected chi connectivity index (χ4v) is 2.90. The summed E-state index contributed by atoms with van der Waals surface area (Å²) in [5.74, 6) is 1.50. The zero-order chi connectivity index (χ0) is 20.3. The Morgan fingerprint density at radius 3 is 2.75 bits per heavy atom. The van der Waals surface area contributed by atoms with Crippen molar-refractivity contribution in [3.05, 3.63) is 52.1 Å². The Morgan fingerprint density at radius 1 is 1.29 bits per heavy atom. The van der Waals surface area contributed by atoms with Crippen molar-refractivity contribution in [3.63, 3.8) is 0 Å². The smallest absolute Gasteiger partial charge is 0.282 e. The van der Waals surface area contributed by atoms with Crippen LogP contribution in [0.15, 0.2) is 36.4 Å². The quantitative estimate of drug-likeness (QED) is 0.548. The fourth-order valence-electron chi connectivity index (χ4n) is 2.90. The third-order valence-electron chi connectivity index (χ3n) is 4.70. The highest BCUT2D eigenvalue weighted by Crippen LogP contribution is 2.32. The molecule has 9 nitrogen and oxygen atoms in total. The molecule has 2 aromatic rings. The molecule has 1 aliphatic rings. The summed E-state index contributed by atoms with van der Waals surface area (Å²) < 4.78 is 15.9.